The minimum absolute atomic E-state index is 0. The standard InChI is InChI=1S/C23H38N4O3.HI/c1-3-24-23(25-11-7-8-13-29-16-15-28-2)27-18-21-22(19-27)30-14-12-26(21)17-20-9-5-4-6-10-20;/h4-6,9-10,21-22H,3,7-8,11-19H2,1-2H3,(H,24,25);1H. The molecule has 0 bridgehead atoms. The molecule has 2 heterocycles. The number of morpholine rings is 1. The highest BCUT2D eigenvalue weighted by Gasteiger charge is 2.41. The quantitative estimate of drug-likeness (QED) is 0.199. The molecule has 176 valence electrons. The van der Waals surface area contributed by atoms with Crippen LogP contribution in [-0.4, -0.2) is 94.2 Å². The first-order chi connectivity index (χ1) is 14.8. The molecule has 3 rings (SSSR count). The van der Waals surface area contributed by atoms with E-state index in [0.717, 1.165) is 71.3 Å². The van der Waals surface area contributed by atoms with E-state index >= 15 is 0 Å². The molecule has 2 aliphatic heterocycles. The van der Waals surface area contributed by atoms with Crippen molar-refractivity contribution in [3.63, 3.8) is 0 Å². The Morgan fingerprint density at radius 3 is 2.77 bits per heavy atom. The predicted molar refractivity (Wildman–Crippen MR) is 135 cm³/mol. The number of unbranched alkanes of at least 4 members (excludes halogenated alkanes) is 1. The second-order valence-electron chi connectivity index (χ2n) is 7.89. The Balaban J connectivity index is 0.00000341. The highest BCUT2D eigenvalue weighted by molar-refractivity contribution is 14.0. The molecule has 0 aromatic heterocycles. The van der Waals surface area contributed by atoms with Gasteiger partial charge in [0.1, 0.15) is 0 Å². The van der Waals surface area contributed by atoms with Crippen molar-refractivity contribution in [2.24, 2.45) is 4.99 Å². The number of nitrogens with one attached hydrogen (secondary N) is 1. The van der Waals surface area contributed by atoms with Crippen molar-refractivity contribution in [2.75, 3.05) is 66.3 Å². The zero-order valence-corrected chi connectivity index (χ0v) is 21.3. The molecule has 1 aromatic rings. The number of rotatable bonds is 11. The molecule has 8 heteroatoms. The first-order valence-electron chi connectivity index (χ1n) is 11.3. The summed E-state index contributed by atoms with van der Waals surface area (Å²) in [6, 6.07) is 11.1. The zero-order valence-electron chi connectivity index (χ0n) is 19.0. The summed E-state index contributed by atoms with van der Waals surface area (Å²) in [5, 5.41) is 3.47. The number of ether oxygens (including phenoxy) is 3. The molecule has 2 fully saturated rings. The van der Waals surface area contributed by atoms with Gasteiger partial charge in [-0.2, -0.15) is 0 Å². The van der Waals surface area contributed by atoms with Crippen molar-refractivity contribution < 1.29 is 14.2 Å². The maximum absolute atomic E-state index is 6.13. The minimum Gasteiger partial charge on any atom is -0.382 e. The summed E-state index contributed by atoms with van der Waals surface area (Å²) < 4.78 is 16.6. The van der Waals surface area contributed by atoms with Crippen LogP contribution in [0.25, 0.3) is 0 Å². The normalized spacial score (nSPS) is 21.6. The van der Waals surface area contributed by atoms with Crippen LogP contribution >= 0.6 is 24.0 Å². The third-order valence-electron chi connectivity index (χ3n) is 5.67. The maximum atomic E-state index is 6.13. The Hall–Kier alpha value is -0.940. The van der Waals surface area contributed by atoms with E-state index in [2.05, 4.69) is 52.4 Å². The van der Waals surface area contributed by atoms with E-state index in [1.165, 1.54) is 5.56 Å². The minimum atomic E-state index is 0. The molecule has 7 nitrogen and oxygen atoms in total. The van der Waals surface area contributed by atoms with Gasteiger partial charge in [-0.05, 0) is 25.3 Å². The molecule has 2 unspecified atom stereocenters. The van der Waals surface area contributed by atoms with Crippen LogP contribution in [0.3, 0.4) is 0 Å². The van der Waals surface area contributed by atoms with Crippen LogP contribution in [0.5, 0.6) is 0 Å². The molecule has 0 spiro atoms. The van der Waals surface area contributed by atoms with E-state index in [-0.39, 0.29) is 30.1 Å². The molecule has 1 N–H and O–H groups in total. The van der Waals surface area contributed by atoms with Gasteiger partial charge >= 0.3 is 0 Å². The van der Waals surface area contributed by atoms with Gasteiger partial charge in [0.15, 0.2) is 5.96 Å². The largest absolute Gasteiger partial charge is 0.382 e. The fraction of sp³-hybridized carbons (Fsp3) is 0.696. The Morgan fingerprint density at radius 2 is 2.00 bits per heavy atom. The molecule has 0 amide bonds. The van der Waals surface area contributed by atoms with Gasteiger partial charge in [0, 0.05) is 53.0 Å². The van der Waals surface area contributed by atoms with E-state index < -0.39 is 0 Å². The summed E-state index contributed by atoms with van der Waals surface area (Å²) in [7, 11) is 1.70. The van der Waals surface area contributed by atoms with Gasteiger partial charge in [-0.1, -0.05) is 30.3 Å². The molecule has 2 aliphatic rings. The highest BCUT2D eigenvalue weighted by Crippen LogP contribution is 2.24. The van der Waals surface area contributed by atoms with Crippen molar-refractivity contribution in [1.82, 2.24) is 15.1 Å². The molecule has 0 radical (unpaired) electrons. The summed E-state index contributed by atoms with van der Waals surface area (Å²) in [4.78, 5) is 9.82. The van der Waals surface area contributed by atoms with E-state index in [1.54, 1.807) is 7.11 Å². The number of aliphatic imine (C=N–C) groups is 1. The summed E-state index contributed by atoms with van der Waals surface area (Å²) in [6.45, 7) is 10.5. The zero-order chi connectivity index (χ0) is 21.0. The van der Waals surface area contributed by atoms with Crippen molar-refractivity contribution in [2.45, 2.75) is 38.5 Å². The van der Waals surface area contributed by atoms with Crippen molar-refractivity contribution in [3.05, 3.63) is 35.9 Å². The monoisotopic (exact) mass is 546 g/mol. The lowest BCUT2D eigenvalue weighted by Crippen LogP contribution is -2.50. The van der Waals surface area contributed by atoms with Crippen LogP contribution in [0, 0.1) is 0 Å². The molecule has 2 atom stereocenters. The van der Waals surface area contributed by atoms with Gasteiger partial charge in [0.2, 0.25) is 0 Å². The topological polar surface area (TPSA) is 58.6 Å². The van der Waals surface area contributed by atoms with Gasteiger partial charge in [-0.25, -0.2) is 0 Å². The Kier molecular flexibility index (Phi) is 12.7. The fourth-order valence-corrected chi connectivity index (χ4v) is 4.12. The van der Waals surface area contributed by atoms with E-state index in [9.17, 15) is 0 Å². The Labute approximate surface area is 204 Å². The molecule has 1 aromatic carbocycles. The molecular formula is C23H39IN4O3. The average molecular weight is 546 g/mol. The summed E-state index contributed by atoms with van der Waals surface area (Å²) in [5.41, 5.74) is 1.37. The predicted octanol–water partition coefficient (Wildman–Crippen LogP) is 2.60. The number of halogens is 1. The van der Waals surface area contributed by atoms with Crippen molar-refractivity contribution >= 4 is 29.9 Å². The average Bonchev–Trinajstić information content (AvgIpc) is 3.21. The van der Waals surface area contributed by atoms with Crippen LogP contribution in [0.15, 0.2) is 35.3 Å². The van der Waals surface area contributed by atoms with Gasteiger partial charge in [0.05, 0.1) is 32.0 Å². The van der Waals surface area contributed by atoms with Crippen molar-refractivity contribution in [3.8, 4) is 0 Å². The lowest BCUT2D eigenvalue weighted by atomic mass is 10.1. The van der Waals surface area contributed by atoms with Gasteiger partial charge in [0.25, 0.3) is 0 Å². The number of nitrogens with zero attached hydrogens (tertiary/aromatic N) is 3. The van der Waals surface area contributed by atoms with Crippen LogP contribution in [0.4, 0.5) is 0 Å². The number of likely N-dealkylation sites (tertiary alicyclic amines) is 1. The number of methoxy groups -OCH3 is 1. The Bertz CT molecular complexity index is 635. The molecule has 31 heavy (non-hydrogen) atoms. The Morgan fingerprint density at radius 1 is 1.16 bits per heavy atom. The number of guanidine groups is 1. The first kappa shape index (κ1) is 26.3. The van der Waals surface area contributed by atoms with Gasteiger partial charge in [-0.3, -0.25) is 9.89 Å². The number of hydrogen-bond acceptors (Lipinski definition) is 5. The molecule has 0 aliphatic carbocycles. The summed E-state index contributed by atoms with van der Waals surface area (Å²) in [5.74, 6) is 1.01. The van der Waals surface area contributed by atoms with Crippen LogP contribution < -0.4 is 5.32 Å². The molecular weight excluding hydrogens is 507 g/mol. The van der Waals surface area contributed by atoms with Crippen molar-refractivity contribution in [1.29, 1.82) is 0 Å². The number of benzene rings is 1. The summed E-state index contributed by atoms with van der Waals surface area (Å²) in [6.07, 6.45) is 2.30. The lowest BCUT2D eigenvalue weighted by molar-refractivity contribution is -0.0502. The second kappa shape index (κ2) is 15.0. The SMILES string of the molecule is CCNC(=NCCCCOCCOC)N1CC2OCCN(Cc3ccccc3)C2C1.I. The number of fused-ring (bicyclic) bond motifs is 1. The molecule has 2 saturated heterocycles. The third kappa shape index (κ3) is 8.49. The van der Waals surface area contributed by atoms with E-state index in [1.807, 2.05) is 0 Å². The molecule has 0 saturated carbocycles. The van der Waals surface area contributed by atoms with Crippen LogP contribution in [0.2, 0.25) is 0 Å². The maximum Gasteiger partial charge on any atom is 0.194 e. The third-order valence-corrected chi connectivity index (χ3v) is 5.67. The number of hydrogen-bond donors (Lipinski definition) is 1. The van der Waals surface area contributed by atoms with Gasteiger partial charge < -0.3 is 24.4 Å². The van der Waals surface area contributed by atoms with E-state index in [0.29, 0.717) is 19.3 Å². The second-order valence-corrected chi connectivity index (χ2v) is 7.89. The van der Waals surface area contributed by atoms with Crippen LogP contribution in [-0.2, 0) is 20.8 Å². The summed E-state index contributed by atoms with van der Waals surface area (Å²) >= 11 is 0. The highest BCUT2D eigenvalue weighted by atomic mass is 127. The van der Waals surface area contributed by atoms with E-state index in [4.69, 9.17) is 19.2 Å². The lowest BCUT2D eigenvalue weighted by Gasteiger charge is -2.36. The fourth-order valence-electron chi connectivity index (χ4n) is 4.12. The van der Waals surface area contributed by atoms with Gasteiger partial charge in [-0.15, -0.1) is 24.0 Å². The van der Waals surface area contributed by atoms with Crippen LogP contribution in [0.1, 0.15) is 25.3 Å². The smallest absolute Gasteiger partial charge is 0.194 e. The first-order valence-corrected chi connectivity index (χ1v) is 11.3.